The van der Waals surface area contributed by atoms with Gasteiger partial charge in [-0.2, -0.15) is 11.8 Å². The summed E-state index contributed by atoms with van der Waals surface area (Å²) in [6, 6.07) is 0.623. The Kier molecular flexibility index (Phi) is 5.44. The summed E-state index contributed by atoms with van der Waals surface area (Å²) in [5, 5.41) is 13.3. The van der Waals surface area contributed by atoms with Crippen molar-refractivity contribution in [1.29, 1.82) is 0 Å². The van der Waals surface area contributed by atoms with Crippen molar-refractivity contribution in [2.24, 2.45) is 5.41 Å². The molecule has 2 nitrogen and oxygen atoms in total. The lowest BCUT2D eigenvalue weighted by Gasteiger charge is -2.26. The Morgan fingerprint density at radius 1 is 1.47 bits per heavy atom. The second-order valence-electron chi connectivity index (χ2n) is 5.74. The number of nitrogens with one attached hydrogen (secondary N) is 1. The van der Waals surface area contributed by atoms with Crippen LogP contribution < -0.4 is 5.32 Å². The third kappa shape index (κ3) is 6.44. The van der Waals surface area contributed by atoms with Crippen LogP contribution in [0.25, 0.3) is 0 Å². The van der Waals surface area contributed by atoms with Crippen molar-refractivity contribution >= 4 is 11.8 Å². The Hall–Kier alpha value is 0.270. The molecule has 2 atom stereocenters. The first-order valence-electron chi connectivity index (χ1n) is 5.96. The van der Waals surface area contributed by atoms with Crippen LogP contribution in [-0.2, 0) is 0 Å². The van der Waals surface area contributed by atoms with Gasteiger partial charge in [0.1, 0.15) is 0 Å². The predicted molar refractivity (Wildman–Crippen MR) is 68.4 cm³/mol. The minimum absolute atomic E-state index is 0.197. The average molecular weight is 231 g/mol. The number of hydrogen-bond acceptors (Lipinski definition) is 3. The van der Waals surface area contributed by atoms with E-state index in [0.717, 1.165) is 13.0 Å². The van der Waals surface area contributed by atoms with Gasteiger partial charge in [-0.1, -0.05) is 20.8 Å². The number of hydrogen-bond donors (Lipinski definition) is 2. The monoisotopic (exact) mass is 231 g/mol. The van der Waals surface area contributed by atoms with Crippen LogP contribution in [0, 0.1) is 5.41 Å². The van der Waals surface area contributed by atoms with Crippen molar-refractivity contribution in [3.63, 3.8) is 0 Å². The quantitative estimate of drug-likeness (QED) is 0.778. The van der Waals surface area contributed by atoms with Crippen LogP contribution in [0.4, 0.5) is 0 Å². The molecular weight excluding hydrogens is 206 g/mol. The molecule has 0 aromatic carbocycles. The molecule has 3 heteroatoms. The molecule has 2 N–H and O–H groups in total. The van der Waals surface area contributed by atoms with E-state index < -0.39 is 0 Å². The highest BCUT2D eigenvalue weighted by molar-refractivity contribution is 7.99. The van der Waals surface area contributed by atoms with E-state index in [9.17, 15) is 5.11 Å². The van der Waals surface area contributed by atoms with E-state index in [2.05, 4.69) is 26.1 Å². The van der Waals surface area contributed by atoms with Gasteiger partial charge in [-0.25, -0.2) is 0 Å². The first kappa shape index (κ1) is 13.3. The second kappa shape index (κ2) is 6.12. The van der Waals surface area contributed by atoms with Gasteiger partial charge in [-0.3, -0.25) is 0 Å². The van der Waals surface area contributed by atoms with Crippen LogP contribution in [-0.4, -0.2) is 35.3 Å². The Labute approximate surface area is 98.2 Å². The Morgan fingerprint density at radius 3 is 2.73 bits per heavy atom. The lowest BCUT2D eigenvalue weighted by Crippen LogP contribution is -2.39. The van der Waals surface area contributed by atoms with Crippen molar-refractivity contribution in [3.05, 3.63) is 0 Å². The normalized spacial score (nSPS) is 25.2. The fourth-order valence-electron chi connectivity index (χ4n) is 1.98. The summed E-state index contributed by atoms with van der Waals surface area (Å²) < 4.78 is 0. The average Bonchev–Trinajstić information content (AvgIpc) is 2.14. The fraction of sp³-hybridized carbons (Fsp3) is 1.00. The smallest absolute Gasteiger partial charge is 0.0669 e. The van der Waals surface area contributed by atoms with E-state index in [1.54, 1.807) is 0 Å². The lowest BCUT2D eigenvalue weighted by atomic mass is 9.89. The van der Waals surface area contributed by atoms with Gasteiger partial charge in [0, 0.05) is 18.3 Å². The zero-order valence-corrected chi connectivity index (χ0v) is 11.1. The summed E-state index contributed by atoms with van der Waals surface area (Å²) in [6.07, 6.45) is 3.27. The topological polar surface area (TPSA) is 32.3 Å². The van der Waals surface area contributed by atoms with Gasteiger partial charge < -0.3 is 10.4 Å². The number of rotatable bonds is 4. The van der Waals surface area contributed by atoms with Crippen molar-refractivity contribution in [3.8, 4) is 0 Å². The van der Waals surface area contributed by atoms with Gasteiger partial charge in [0.2, 0.25) is 0 Å². The zero-order valence-electron chi connectivity index (χ0n) is 10.3. The molecule has 0 saturated carbocycles. The summed E-state index contributed by atoms with van der Waals surface area (Å²) in [5.74, 6) is 2.52. The van der Waals surface area contributed by atoms with Gasteiger partial charge in [-0.15, -0.1) is 0 Å². The van der Waals surface area contributed by atoms with E-state index in [0.29, 0.717) is 6.04 Å². The fourth-order valence-corrected chi connectivity index (χ4v) is 3.09. The molecule has 0 unspecified atom stereocenters. The van der Waals surface area contributed by atoms with Crippen molar-refractivity contribution < 1.29 is 5.11 Å². The Morgan fingerprint density at radius 2 is 2.20 bits per heavy atom. The molecule has 90 valence electrons. The van der Waals surface area contributed by atoms with Gasteiger partial charge in [0.25, 0.3) is 0 Å². The summed E-state index contributed by atoms with van der Waals surface area (Å²) in [7, 11) is 0. The summed E-state index contributed by atoms with van der Waals surface area (Å²) in [5.41, 5.74) is 0.225. The van der Waals surface area contributed by atoms with E-state index in [-0.39, 0.29) is 11.5 Å². The third-order valence-corrected chi connectivity index (χ3v) is 3.87. The highest BCUT2D eigenvalue weighted by atomic mass is 32.2. The van der Waals surface area contributed by atoms with E-state index in [1.165, 1.54) is 24.3 Å². The van der Waals surface area contributed by atoms with Crippen molar-refractivity contribution in [2.75, 3.05) is 18.1 Å². The minimum Gasteiger partial charge on any atom is -0.392 e. The summed E-state index contributed by atoms with van der Waals surface area (Å²) in [6.45, 7) is 7.27. The van der Waals surface area contributed by atoms with Gasteiger partial charge in [0.05, 0.1) is 6.10 Å². The first-order valence-corrected chi connectivity index (χ1v) is 7.12. The number of aliphatic hydroxyl groups excluding tert-OH is 1. The van der Waals surface area contributed by atoms with Crippen LogP contribution in [0.15, 0.2) is 0 Å². The van der Waals surface area contributed by atoms with Crippen LogP contribution in [0.5, 0.6) is 0 Å². The van der Waals surface area contributed by atoms with Gasteiger partial charge >= 0.3 is 0 Å². The maximum atomic E-state index is 9.85. The minimum atomic E-state index is -0.197. The predicted octanol–water partition coefficient (Wildman–Crippen LogP) is 2.27. The number of thioether (sulfide) groups is 1. The second-order valence-corrected chi connectivity index (χ2v) is 6.89. The molecule has 0 bridgehead atoms. The molecule has 0 spiro atoms. The molecule has 1 saturated heterocycles. The Bertz CT molecular complexity index is 173. The molecule has 0 aromatic heterocycles. The summed E-state index contributed by atoms with van der Waals surface area (Å²) in [4.78, 5) is 0. The van der Waals surface area contributed by atoms with Crippen molar-refractivity contribution in [2.45, 2.75) is 52.2 Å². The maximum Gasteiger partial charge on any atom is 0.0669 e. The summed E-state index contributed by atoms with van der Waals surface area (Å²) >= 11 is 2.02. The zero-order chi connectivity index (χ0) is 11.3. The number of aliphatic hydroxyl groups is 1. The van der Waals surface area contributed by atoms with Crippen LogP contribution >= 0.6 is 11.8 Å². The molecule has 1 rings (SSSR count). The molecule has 15 heavy (non-hydrogen) atoms. The van der Waals surface area contributed by atoms with Crippen LogP contribution in [0.3, 0.4) is 0 Å². The molecule has 0 amide bonds. The lowest BCUT2D eigenvalue weighted by molar-refractivity contribution is 0.117. The molecule has 0 aliphatic carbocycles. The first-order chi connectivity index (χ1) is 6.97. The van der Waals surface area contributed by atoms with E-state index in [1.807, 2.05) is 11.8 Å². The van der Waals surface area contributed by atoms with Gasteiger partial charge in [0.15, 0.2) is 0 Å². The largest absolute Gasteiger partial charge is 0.392 e. The SMILES string of the molecule is CC(C)(C)C[C@@H](O)CN[C@@H]1CCCSC1. The Balaban J connectivity index is 2.12. The van der Waals surface area contributed by atoms with Crippen LogP contribution in [0.2, 0.25) is 0 Å². The molecule has 1 heterocycles. The van der Waals surface area contributed by atoms with E-state index >= 15 is 0 Å². The van der Waals surface area contributed by atoms with Crippen LogP contribution in [0.1, 0.15) is 40.0 Å². The molecule has 0 aromatic rings. The molecule has 0 radical (unpaired) electrons. The third-order valence-electron chi connectivity index (χ3n) is 2.65. The highest BCUT2D eigenvalue weighted by Gasteiger charge is 2.18. The molecule has 1 aliphatic heterocycles. The molecular formula is C12H25NOS. The standard InChI is InChI=1S/C12H25NOS/c1-12(2,3)7-11(14)8-13-10-5-4-6-15-9-10/h10-11,13-14H,4-9H2,1-3H3/t10-,11-/m1/s1. The molecule has 1 fully saturated rings. The maximum absolute atomic E-state index is 9.85. The van der Waals surface area contributed by atoms with E-state index in [4.69, 9.17) is 0 Å². The highest BCUT2D eigenvalue weighted by Crippen LogP contribution is 2.21. The van der Waals surface area contributed by atoms with Gasteiger partial charge in [-0.05, 0) is 30.4 Å². The molecule has 1 aliphatic rings. The van der Waals surface area contributed by atoms with Crippen molar-refractivity contribution in [1.82, 2.24) is 5.32 Å².